The van der Waals surface area contributed by atoms with E-state index in [0.717, 1.165) is 31.2 Å². The van der Waals surface area contributed by atoms with Crippen molar-refractivity contribution in [3.63, 3.8) is 0 Å². The Kier molecular flexibility index (Phi) is 8.75. The number of nitrogens with one attached hydrogen (secondary N) is 1. The van der Waals surface area contributed by atoms with E-state index >= 15 is 0 Å². The van der Waals surface area contributed by atoms with Crippen molar-refractivity contribution in [3.8, 4) is 5.75 Å². The van der Waals surface area contributed by atoms with Gasteiger partial charge in [0.05, 0.1) is 6.54 Å². The van der Waals surface area contributed by atoms with Gasteiger partial charge < -0.3 is 20.7 Å². The summed E-state index contributed by atoms with van der Waals surface area (Å²) in [5.41, 5.74) is 6.12. The van der Waals surface area contributed by atoms with Gasteiger partial charge >= 0.3 is 0 Å². The second-order valence-corrected chi connectivity index (χ2v) is 5.27. The van der Waals surface area contributed by atoms with Crippen molar-refractivity contribution in [2.24, 2.45) is 10.7 Å². The van der Waals surface area contributed by atoms with Crippen LogP contribution in [0.3, 0.4) is 0 Å². The molecule has 23 heavy (non-hydrogen) atoms. The number of nitrogens with two attached hydrogens (primary N) is 1. The summed E-state index contributed by atoms with van der Waals surface area (Å²) in [7, 11) is 0. The molecule has 1 fully saturated rings. The zero-order chi connectivity index (χ0) is 15.8. The quantitative estimate of drug-likeness (QED) is 0.408. The molecule has 128 valence electrons. The normalized spacial score (nSPS) is 14.3. The Morgan fingerprint density at radius 3 is 2.78 bits per heavy atom. The number of rotatable bonds is 6. The molecule has 1 aromatic carbocycles. The van der Waals surface area contributed by atoms with Crippen molar-refractivity contribution in [3.05, 3.63) is 29.8 Å². The van der Waals surface area contributed by atoms with Crippen LogP contribution in [0, 0.1) is 0 Å². The first-order chi connectivity index (χ1) is 10.7. The van der Waals surface area contributed by atoms with Gasteiger partial charge in [0.15, 0.2) is 12.6 Å². The number of benzene rings is 1. The predicted octanol–water partition coefficient (Wildman–Crippen LogP) is 1.73. The van der Waals surface area contributed by atoms with Gasteiger partial charge in [0, 0.05) is 19.6 Å². The van der Waals surface area contributed by atoms with E-state index in [9.17, 15) is 4.79 Å². The molecular formula is C16H25IN4O2. The molecule has 0 spiro atoms. The Bertz CT molecular complexity index is 531. The number of hydrogen-bond acceptors (Lipinski definition) is 3. The van der Waals surface area contributed by atoms with E-state index in [-0.39, 0.29) is 30.6 Å². The Morgan fingerprint density at radius 2 is 2.13 bits per heavy atom. The molecule has 2 rings (SSSR count). The van der Waals surface area contributed by atoms with Crippen molar-refractivity contribution in [2.45, 2.75) is 26.3 Å². The van der Waals surface area contributed by atoms with Gasteiger partial charge in [-0.15, -0.1) is 24.0 Å². The number of ether oxygens (including phenoxy) is 1. The van der Waals surface area contributed by atoms with Crippen molar-refractivity contribution in [2.75, 3.05) is 26.2 Å². The lowest BCUT2D eigenvalue weighted by molar-refractivity contribution is -0.119. The van der Waals surface area contributed by atoms with E-state index in [4.69, 9.17) is 10.5 Å². The number of likely N-dealkylation sites (tertiary alicyclic amines) is 1. The van der Waals surface area contributed by atoms with E-state index in [1.807, 2.05) is 24.3 Å². The maximum absolute atomic E-state index is 10.8. The number of amides is 1. The number of guanidine groups is 1. The average molecular weight is 432 g/mol. The van der Waals surface area contributed by atoms with Crippen LogP contribution >= 0.6 is 24.0 Å². The van der Waals surface area contributed by atoms with Gasteiger partial charge in [-0.2, -0.15) is 0 Å². The molecule has 1 amide bonds. The monoisotopic (exact) mass is 432 g/mol. The third-order valence-corrected chi connectivity index (χ3v) is 3.43. The lowest BCUT2D eigenvalue weighted by Gasteiger charge is -2.20. The zero-order valence-corrected chi connectivity index (χ0v) is 15.8. The van der Waals surface area contributed by atoms with E-state index in [0.29, 0.717) is 12.3 Å². The van der Waals surface area contributed by atoms with E-state index < -0.39 is 5.91 Å². The highest BCUT2D eigenvalue weighted by Crippen LogP contribution is 2.14. The third-order valence-electron chi connectivity index (χ3n) is 3.43. The molecule has 0 aromatic heterocycles. The molecule has 7 heteroatoms. The van der Waals surface area contributed by atoms with Gasteiger partial charge in [-0.05, 0) is 37.5 Å². The lowest BCUT2D eigenvalue weighted by atomic mass is 10.2. The van der Waals surface area contributed by atoms with Gasteiger partial charge in [0.2, 0.25) is 0 Å². The van der Waals surface area contributed by atoms with Crippen molar-refractivity contribution in [1.82, 2.24) is 10.2 Å². The van der Waals surface area contributed by atoms with Gasteiger partial charge in [-0.1, -0.05) is 12.1 Å². The SMILES string of the molecule is CCNC(=NCc1cccc(OCC(N)=O)c1)N1CCCC1.I. The number of primary amides is 1. The second kappa shape index (κ2) is 10.3. The molecule has 0 radical (unpaired) electrons. The molecule has 1 saturated heterocycles. The Balaban J connectivity index is 0.00000264. The maximum atomic E-state index is 10.8. The molecule has 1 aliphatic rings. The first kappa shape index (κ1) is 19.5. The number of carbonyl (C=O) groups excluding carboxylic acids is 1. The number of hydrogen-bond donors (Lipinski definition) is 2. The van der Waals surface area contributed by atoms with Crippen LogP contribution in [0.1, 0.15) is 25.3 Å². The smallest absolute Gasteiger partial charge is 0.255 e. The van der Waals surface area contributed by atoms with E-state index in [1.54, 1.807) is 0 Å². The van der Waals surface area contributed by atoms with Gasteiger partial charge in [-0.3, -0.25) is 4.79 Å². The van der Waals surface area contributed by atoms with Gasteiger partial charge in [0.1, 0.15) is 5.75 Å². The highest BCUT2D eigenvalue weighted by atomic mass is 127. The maximum Gasteiger partial charge on any atom is 0.255 e. The van der Waals surface area contributed by atoms with Crippen molar-refractivity contribution in [1.29, 1.82) is 0 Å². The summed E-state index contributed by atoms with van der Waals surface area (Å²) in [6, 6.07) is 7.58. The van der Waals surface area contributed by atoms with Crippen LogP contribution in [0.2, 0.25) is 0 Å². The molecule has 1 aliphatic heterocycles. The Hall–Kier alpha value is -1.51. The van der Waals surface area contributed by atoms with Crippen molar-refractivity contribution < 1.29 is 9.53 Å². The molecule has 6 nitrogen and oxygen atoms in total. The van der Waals surface area contributed by atoms with Crippen LogP contribution in [0.4, 0.5) is 0 Å². The molecule has 0 unspecified atom stereocenters. The molecule has 0 atom stereocenters. The molecular weight excluding hydrogens is 407 g/mol. The fraction of sp³-hybridized carbons (Fsp3) is 0.500. The topological polar surface area (TPSA) is 80.0 Å². The second-order valence-electron chi connectivity index (χ2n) is 5.27. The Labute approximate surface area is 154 Å². The standard InChI is InChI=1S/C16H24N4O2.HI/c1-2-18-16(20-8-3-4-9-20)19-11-13-6-5-7-14(10-13)22-12-15(17)21;/h5-7,10H,2-4,8-9,11-12H2,1H3,(H2,17,21)(H,18,19);1H. The molecule has 1 heterocycles. The summed E-state index contributed by atoms with van der Waals surface area (Å²) < 4.78 is 5.31. The van der Waals surface area contributed by atoms with Gasteiger partial charge in [-0.25, -0.2) is 4.99 Å². The highest BCUT2D eigenvalue weighted by molar-refractivity contribution is 14.0. The fourth-order valence-electron chi connectivity index (χ4n) is 2.41. The summed E-state index contributed by atoms with van der Waals surface area (Å²) in [5, 5.41) is 3.33. The van der Waals surface area contributed by atoms with Crippen LogP contribution < -0.4 is 15.8 Å². The number of aliphatic imine (C=N–C) groups is 1. The summed E-state index contributed by atoms with van der Waals surface area (Å²) in [6.07, 6.45) is 2.45. The first-order valence-electron chi connectivity index (χ1n) is 7.72. The summed E-state index contributed by atoms with van der Waals surface area (Å²) >= 11 is 0. The molecule has 0 bridgehead atoms. The number of halogens is 1. The minimum Gasteiger partial charge on any atom is -0.484 e. The lowest BCUT2D eigenvalue weighted by Crippen LogP contribution is -2.39. The third kappa shape index (κ3) is 6.64. The van der Waals surface area contributed by atoms with E-state index in [2.05, 4.69) is 22.1 Å². The van der Waals surface area contributed by atoms with Crippen LogP contribution in [-0.2, 0) is 11.3 Å². The molecule has 3 N–H and O–H groups in total. The van der Waals surface area contributed by atoms with Crippen LogP contribution in [-0.4, -0.2) is 43.0 Å². The van der Waals surface area contributed by atoms with Crippen LogP contribution in [0.15, 0.2) is 29.3 Å². The Morgan fingerprint density at radius 1 is 1.39 bits per heavy atom. The summed E-state index contributed by atoms with van der Waals surface area (Å²) in [6.45, 7) is 5.53. The van der Waals surface area contributed by atoms with Crippen molar-refractivity contribution >= 4 is 35.8 Å². The zero-order valence-electron chi connectivity index (χ0n) is 13.5. The summed E-state index contributed by atoms with van der Waals surface area (Å²) in [4.78, 5) is 17.7. The fourth-order valence-corrected chi connectivity index (χ4v) is 2.41. The molecule has 0 aliphatic carbocycles. The molecule has 1 aromatic rings. The predicted molar refractivity (Wildman–Crippen MR) is 102 cm³/mol. The molecule has 0 saturated carbocycles. The highest BCUT2D eigenvalue weighted by Gasteiger charge is 2.15. The number of nitrogens with zero attached hydrogens (tertiary/aromatic N) is 2. The minimum atomic E-state index is -0.480. The minimum absolute atomic E-state index is 0. The van der Waals surface area contributed by atoms with Crippen LogP contribution in [0.5, 0.6) is 5.75 Å². The van der Waals surface area contributed by atoms with Gasteiger partial charge in [0.25, 0.3) is 5.91 Å². The average Bonchev–Trinajstić information content (AvgIpc) is 3.04. The van der Waals surface area contributed by atoms with Crippen LogP contribution in [0.25, 0.3) is 0 Å². The number of carbonyl (C=O) groups is 1. The first-order valence-corrected chi connectivity index (χ1v) is 7.72. The summed E-state index contributed by atoms with van der Waals surface area (Å²) in [5.74, 6) is 1.12. The van der Waals surface area contributed by atoms with E-state index in [1.165, 1.54) is 12.8 Å². The largest absolute Gasteiger partial charge is 0.484 e.